The van der Waals surface area contributed by atoms with Crippen molar-refractivity contribution >= 4 is 23.3 Å². The molecule has 88 valence electrons. The topological polar surface area (TPSA) is 57.0 Å². The van der Waals surface area contributed by atoms with E-state index in [1.54, 1.807) is 17.2 Å². The Balaban J connectivity index is 2.39. The Hall–Kier alpha value is -1.60. The van der Waals surface area contributed by atoms with Crippen LogP contribution in [0, 0.1) is 24.2 Å². The molecule has 2 heterocycles. The Morgan fingerprint density at radius 1 is 1.71 bits per heavy atom. The zero-order valence-corrected chi connectivity index (χ0v) is 10.2. The first-order valence-corrected chi connectivity index (χ1v) is 5.93. The molecule has 1 aromatic rings. The monoisotopic (exact) mass is 249 g/mol. The number of halogens is 1. The van der Waals surface area contributed by atoms with Crippen molar-refractivity contribution in [1.29, 1.82) is 5.26 Å². The van der Waals surface area contributed by atoms with Crippen LogP contribution in [0.15, 0.2) is 12.3 Å². The molecule has 0 bridgehead atoms. The summed E-state index contributed by atoms with van der Waals surface area (Å²) in [5, 5.41) is 9.11. The van der Waals surface area contributed by atoms with Crippen LogP contribution in [0.4, 0.5) is 5.82 Å². The second-order valence-corrected chi connectivity index (χ2v) is 4.48. The van der Waals surface area contributed by atoms with Crippen molar-refractivity contribution in [3.05, 3.63) is 23.4 Å². The average Bonchev–Trinajstić information content (AvgIpc) is 2.70. The third kappa shape index (κ3) is 2.11. The first kappa shape index (κ1) is 11.9. The van der Waals surface area contributed by atoms with Crippen LogP contribution in [0.2, 0.25) is 0 Å². The Morgan fingerprint density at radius 3 is 3.06 bits per heavy atom. The van der Waals surface area contributed by atoms with Crippen LogP contribution < -0.4 is 4.90 Å². The summed E-state index contributed by atoms with van der Waals surface area (Å²) in [5.74, 6) is 1.06. The van der Waals surface area contributed by atoms with Crippen molar-refractivity contribution in [3.8, 4) is 6.07 Å². The highest BCUT2D eigenvalue weighted by Gasteiger charge is 2.32. The number of nitrogens with zero attached hydrogens (tertiary/aromatic N) is 3. The summed E-state index contributed by atoms with van der Waals surface area (Å²) in [4.78, 5) is 17.6. The van der Waals surface area contributed by atoms with Crippen LogP contribution >= 0.6 is 11.6 Å². The third-order valence-corrected chi connectivity index (χ3v) is 3.37. The van der Waals surface area contributed by atoms with E-state index >= 15 is 0 Å². The maximum atomic E-state index is 11.8. The molecule has 0 spiro atoms. The number of alkyl halides is 1. The lowest BCUT2D eigenvalue weighted by atomic mass is 10.1. The lowest BCUT2D eigenvalue weighted by Crippen LogP contribution is -2.26. The second kappa shape index (κ2) is 4.72. The molecule has 17 heavy (non-hydrogen) atoms. The third-order valence-electron chi connectivity index (χ3n) is 2.93. The number of hydrogen-bond donors (Lipinski definition) is 0. The van der Waals surface area contributed by atoms with Gasteiger partial charge in [-0.25, -0.2) is 4.98 Å². The Kier molecular flexibility index (Phi) is 3.30. The smallest absolute Gasteiger partial charge is 0.228 e. The van der Waals surface area contributed by atoms with E-state index in [9.17, 15) is 4.79 Å². The van der Waals surface area contributed by atoms with Gasteiger partial charge in [-0.15, -0.1) is 11.6 Å². The van der Waals surface area contributed by atoms with Gasteiger partial charge in [-0.3, -0.25) is 9.69 Å². The number of rotatable bonds is 2. The Bertz CT molecular complexity index is 495. The fourth-order valence-corrected chi connectivity index (χ4v) is 2.18. The quantitative estimate of drug-likeness (QED) is 0.752. The van der Waals surface area contributed by atoms with Gasteiger partial charge in [-0.05, 0) is 24.5 Å². The molecule has 0 aliphatic carbocycles. The molecule has 0 saturated carbocycles. The van der Waals surface area contributed by atoms with E-state index in [0.717, 1.165) is 5.56 Å². The number of anilines is 1. The highest BCUT2D eigenvalue weighted by Crippen LogP contribution is 2.27. The number of carbonyl (C=O) groups excluding carboxylic acids is 1. The maximum absolute atomic E-state index is 11.8. The SMILES string of the molecule is Cc1ccnc(N2CC(CCl)CC2=O)c1C#N. The van der Waals surface area contributed by atoms with Crippen LogP contribution in [0.3, 0.4) is 0 Å². The number of aromatic nitrogens is 1. The molecule has 0 N–H and O–H groups in total. The van der Waals surface area contributed by atoms with Gasteiger partial charge in [0.2, 0.25) is 5.91 Å². The van der Waals surface area contributed by atoms with Gasteiger partial charge >= 0.3 is 0 Å². The van der Waals surface area contributed by atoms with Gasteiger partial charge in [0.25, 0.3) is 0 Å². The van der Waals surface area contributed by atoms with Crippen molar-refractivity contribution in [2.45, 2.75) is 13.3 Å². The van der Waals surface area contributed by atoms with E-state index in [2.05, 4.69) is 11.1 Å². The summed E-state index contributed by atoms with van der Waals surface area (Å²) in [5.41, 5.74) is 1.30. The number of nitriles is 1. The molecule has 4 nitrogen and oxygen atoms in total. The summed E-state index contributed by atoms with van der Waals surface area (Å²) in [7, 11) is 0. The van der Waals surface area contributed by atoms with Gasteiger partial charge in [-0.1, -0.05) is 0 Å². The van der Waals surface area contributed by atoms with Crippen molar-refractivity contribution in [2.75, 3.05) is 17.3 Å². The molecule has 1 fully saturated rings. The molecule has 1 aliphatic rings. The molecular formula is C12H12ClN3O. The summed E-state index contributed by atoms with van der Waals surface area (Å²) in [6, 6.07) is 3.87. The fourth-order valence-electron chi connectivity index (χ4n) is 1.98. The van der Waals surface area contributed by atoms with Crippen molar-refractivity contribution in [1.82, 2.24) is 4.98 Å². The molecule has 1 unspecified atom stereocenters. The minimum absolute atomic E-state index is 0.00903. The first-order chi connectivity index (χ1) is 8.17. The summed E-state index contributed by atoms with van der Waals surface area (Å²) in [6.45, 7) is 2.39. The summed E-state index contributed by atoms with van der Waals surface area (Å²) < 4.78 is 0. The Labute approximate surface area is 105 Å². The normalized spacial score (nSPS) is 19.5. The minimum Gasteiger partial charge on any atom is -0.295 e. The highest BCUT2D eigenvalue weighted by atomic mass is 35.5. The summed E-state index contributed by atoms with van der Waals surface area (Å²) in [6.07, 6.45) is 2.05. The maximum Gasteiger partial charge on any atom is 0.228 e. The molecule has 5 heteroatoms. The Morgan fingerprint density at radius 2 is 2.47 bits per heavy atom. The number of amides is 1. The van der Waals surface area contributed by atoms with Crippen molar-refractivity contribution < 1.29 is 4.79 Å². The van der Waals surface area contributed by atoms with E-state index in [-0.39, 0.29) is 11.8 Å². The van der Waals surface area contributed by atoms with Crippen LogP contribution in [0.1, 0.15) is 17.5 Å². The zero-order chi connectivity index (χ0) is 12.4. The van der Waals surface area contributed by atoms with E-state index in [1.165, 1.54) is 0 Å². The van der Waals surface area contributed by atoms with E-state index in [0.29, 0.717) is 30.2 Å². The van der Waals surface area contributed by atoms with Crippen LogP contribution in [0.5, 0.6) is 0 Å². The molecular weight excluding hydrogens is 238 g/mol. The summed E-state index contributed by atoms with van der Waals surface area (Å²) >= 11 is 5.77. The van der Waals surface area contributed by atoms with Crippen LogP contribution in [0.25, 0.3) is 0 Å². The molecule has 2 rings (SSSR count). The van der Waals surface area contributed by atoms with Crippen molar-refractivity contribution in [3.63, 3.8) is 0 Å². The number of aryl methyl sites for hydroxylation is 1. The number of carbonyl (C=O) groups is 1. The predicted molar refractivity (Wildman–Crippen MR) is 64.9 cm³/mol. The molecule has 1 amide bonds. The second-order valence-electron chi connectivity index (χ2n) is 4.17. The zero-order valence-electron chi connectivity index (χ0n) is 9.48. The molecule has 1 aromatic heterocycles. The van der Waals surface area contributed by atoms with Gasteiger partial charge in [0, 0.05) is 25.0 Å². The van der Waals surface area contributed by atoms with Crippen LogP contribution in [-0.2, 0) is 4.79 Å². The lowest BCUT2D eigenvalue weighted by Gasteiger charge is -2.17. The first-order valence-electron chi connectivity index (χ1n) is 5.39. The lowest BCUT2D eigenvalue weighted by molar-refractivity contribution is -0.117. The molecule has 0 aromatic carbocycles. The van der Waals surface area contributed by atoms with Gasteiger partial charge in [0.1, 0.15) is 6.07 Å². The van der Waals surface area contributed by atoms with E-state index < -0.39 is 0 Å². The molecule has 0 radical (unpaired) electrons. The molecule has 1 saturated heterocycles. The van der Waals surface area contributed by atoms with Gasteiger partial charge < -0.3 is 0 Å². The number of hydrogen-bond acceptors (Lipinski definition) is 3. The van der Waals surface area contributed by atoms with Gasteiger partial charge in [0.15, 0.2) is 5.82 Å². The molecule has 1 aliphatic heterocycles. The molecule has 1 atom stereocenters. The minimum atomic E-state index is -0.00903. The largest absolute Gasteiger partial charge is 0.295 e. The van der Waals surface area contributed by atoms with Crippen molar-refractivity contribution in [2.24, 2.45) is 5.92 Å². The fraction of sp³-hybridized carbons (Fsp3) is 0.417. The highest BCUT2D eigenvalue weighted by molar-refractivity contribution is 6.18. The van der Waals surface area contributed by atoms with Gasteiger partial charge in [-0.2, -0.15) is 5.26 Å². The van der Waals surface area contributed by atoms with E-state index in [4.69, 9.17) is 16.9 Å². The average molecular weight is 250 g/mol. The predicted octanol–water partition coefficient (Wildman–Crippen LogP) is 1.85. The van der Waals surface area contributed by atoms with Crippen LogP contribution in [-0.4, -0.2) is 23.3 Å². The standard InChI is InChI=1S/C12H12ClN3O/c1-8-2-3-15-12(10(8)6-14)16-7-9(5-13)4-11(16)17/h2-3,9H,4-5,7H2,1H3. The van der Waals surface area contributed by atoms with Gasteiger partial charge in [0.05, 0.1) is 5.56 Å². The van der Waals surface area contributed by atoms with E-state index in [1.807, 2.05) is 6.92 Å². The number of pyridine rings is 1.